The average molecular weight is 372 g/mol. The van der Waals surface area contributed by atoms with E-state index in [9.17, 15) is 13.2 Å². The van der Waals surface area contributed by atoms with Crippen molar-refractivity contribution in [3.05, 3.63) is 29.3 Å². The summed E-state index contributed by atoms with van der Waals surface area (Å²) in [5.74, 6) is -3.01. The largest absolute Gasteiger partial charge is 0.491 e. The van der Waals surface area contributed by atoms with E-state index in [1.807, 2.05) is 0 Å². The first-order valence-electron chi connectivity index (χ1n) is 9.86. The van der Waals surface area contributed by atoms with Crippen molar-refractivity contribution in [1.29, 1.82) is 0 Å². The summed E-state index contributed by atoms with van der Waals surface area (Å²) < 4.78 is 63.7. The smallest absolute Gasteiger partial charge is 0.200 e. The first-order chi connectivity index (χ1) is 12.5. The van der Waals surface area contributed by atoms with Crippen LogP contribution in [0, 0.1) is 29.4 Å². The third-order valence-electron chi connectivity index (χ3n) is 6.27. The second-order valence-electron chi connectivity index (χ2n) is 7.84. The molecule has 0 N–H and O–H groups in total. The topological polar surface area (TPSA) is 9.23 Å². The molecule has 0 aliphatic heterocycles. The van der Waals surface area contributed by atoms with Crippen LogP contribution in [0.25, 0.3) is 0 Å². The fourth-order valence-electron chi connectivity index (χ4n) is 5.08. The summed E-state index contributed by atoms with van der Waals surface area (Å²) in [6.07, 6.45) is 1.38. The number of hydrogen-bond acceptors (Lipinski definition) is 1. The van der Waals surface area contributed by atoms with E-state index in [4.69, 9.17) is 4.74 Å². The number of alkyl halides is 2. The summed E-state index contributed by atoms with van der Waals surface area (Å²) in [4.78, 5) is 0. The van der Waals surface area contributed by atoms with Crippen molar-refractivity contribution in [3.63, 3.8) is 0 Å². The zero-order valence-electron chi connectivity index (χ0n) is 15.5. The Balaban J connectivity index is 1.82. The highest BCUT2D eigenvalue weighted by atomic mass is 19.2. The molecule has 1 nitrogen and oxygen atoms in total. The van der Waals surface area contributed by atoms with Gasteiger partial charge in [0, 0.05) is 5.92 Å². The maximum Gasteiger partial charge on any atom is 0.200 e. The molecular formula is C21H28F4O. The molecule has 26 heavy (non-hydrogen) atoms. The first-order valence-corrected chi connectivity index (χ1v) is 9.86. The van der Waals surface area contributed by atoms with Crippen LogP contribution in [-0.2, 0) is 0 Å². The van der Waals surface area contributed by atoms with E-state index in [0.29, 0.717) is 25.2 Å². The van der Waals surface area contributed by atoms with E-state index in [-0.39, 0.29) is 29.8 Å². The van der Waals surface area contributed by atoms with Gasteiger partial charge < -0.3 is 4.74 Å². The number of rotatable bonds is 5. The van der Waals surface area contributed by atoms with Crippen LogP contribution in [-0.4, -0.2) is 19.0 Å². The molecule has 2 saturated carbocycles. The lowest BCUT2D eigenvalue weighted by atomic mass is 9.86. The van der Waals surface area contributed by atoms with Crippen LogP contribution in [0.1, 0.15) is 63.9 Å². The molecule has 1 aromatic carbocycles. The van der Waals surface area contributed by atoms with Gasteiger partial charge in [0.15, 0.2) is 11.6 Å². The van der Waals surface area contributed by atoms with E-state index in [1.165, 1.54) is 12.1 Å². The van der Waals surface area contributed by atoms with Crippen molar-refractivity contribution in [2.45, 2.75) is 70.6 Å². The maximum absolute atomic E-state index is 15.0. The highest BCUT2D eigenvalue weighted by Crippen LogP contribution is 2.50. The van der Waals surface area contributed by atoms with E-state index in [0.717, 1.165) is 19.3 Å². The highest BCUT2D eigenvalue weighted by molar-refractivity contribution is 5.34. The Kier molecular flexibility index (Phi) is 6.13. The summed E-state index contributed by atoms with van der Waals surface area (Å²) in [5.41, 5.74) is -0.0637. The third kappa shape index (κ3) is 3.59. The van der Waals surface area contributed by atoms with Gasteiger partial charge in [-0.3, -0.25) is 0 Å². The van der Waals surface area contributed by atoms with Crippen LogP contribution in [0.4, 0.5) is 17.6 Å². The van der Waals surface area contributed by atoms with Gasteiger partial charge in [-0.15, -0.1) is 0 Å². The minimum absolute atomic E-state index is 0.0637. The molecule has 0 saturated heterocycles. The Morgan fingerprint density at radius 3 is 2.46 bits per heavy atom. The lowest BCUT2D eigenvalue weighted by Crippen LogP contribution is -2.30. The number of benzene rings is 1. The first kappa shape index (κ1) is 19.5. The maximum atomic E-state index is 15.0. The van der Waals surface area contributed by atoms with E-state index >= 15 is 4.39 Å². The Bertz CT molecular complexity index is 620. The van der Waals surface area contributed by atoms with Crippen LogP contribution in [0.5, 0.6) is 5.75 Å². The highest BCUT2D eigenvalue weighted by Gasteiger charge is 2.47. The monoisotopic (exact) mass is 372 g/mol. The standard InChI is InChI=1S/C21H28F4O/c1-3-5-12-10-13-6-7-14(18(22)20(24)16(13)11-12)15-8-9-17(26-4-2)21(25)19(15)23/h8-9,12-14,16,18,20H,3-7,10-11H2,1-2H3. The van der Waals surface area contributed by atoms with Crippen LogP contribution in [0.3, 0.4) is 0 Å². The van der Waals surface area contributed by atoms with Gasteiger partial charge in [0.05, 0.1) is 6.61 Å². The second-order valence-corrected chi connectivity index (χ2v) is 7.84. The molecule has 2 fully saturated rings. The van der Waals surface area contributed by atoms with Gasteiger partial charge in [-0.25, -0.2) is 13.2 Å². The molecule has 0 aromatic heterocycles. The Labute approximate surface area is 153 Å². The predicted octanol–water partition coefficient (Wildman–Crippen LogP) is 6.36. The number of hydrogen-bond donors (Lipinski definition) is 0. The molecule has 0 radical (unpaired) electrons. The third-order valence-corrected chi connectivity index (χ3v) is 6.27. The molecule has 3 rings (SSSR count). The molecule has 0 bridgehead atoms. The fraction of sp³-hybridized carbons (Fsp3) is 0.714. The number of halogens is 4. The lowest BCUT2D eigenvalue weighted by Gasteiger charge is -2.25. The summed E-state index contributed by atoms with van der Waals surface area (Å²) in [7, 11) is 0. The normalized spacial score (nSPS) is 34.4. The van der Waals surface area contributed by atoms with E-state index in [2.05, 4.69) is 6.92 Å². The molecule has 0 spiro atoms. The van der Waals surface area contributed by atoms with Gasteiger partial charge >= 0.3 is 0 Å². The molecule has 6 atom stereocenters. The minimum atomic E-state index is -1.79. The fourth-order valence-corrected chi connectivity index (χ4v) is 5.08. The molecule has 1 aromatic rings. The van der Waals surface area contributed by atoms with Crippen molar-refractivity contribution in [1.82, 2.24) is 0 Å². The van der Waals surface area contributed by atoms with Gasteiger partial charge in [-0.2, -0.15) is 4.39 Å². The van der Waals surface area contributed by atoms with Crippen molar-refractivity contribution < 1.29 is 22.3 Å². The Morgan fingerprint density at radius 2 is 1.77 bits per heavy atom. The zero-order chi connectivity index (χ0) is 18.8. The molecule has 146 valence electrons. The molecule has 5 heteroatoms. The van der Waals surface area contributed by atoms with Gasteiger partial charge in [0.2, 0.25) is 5.82 Å². The van der Waals surface area contributed by atoms with Gasteiger partial charge in [0.1, 0.15) is 12.3 Å². The molecule has 2 aliphatic rings. The van der Waals surface area contributed by atoms with Crippen molar-refractivity contribution in [3.8, 4) is 5.75 Å². The lowest BCUT2D eigenvalue weighted by molar-refractivity contribution is 0.0881. The quantitative estimate of drug-likeness (QED) is 0.547. The number of ether oxygens (including phenoxy) is 1. The Hall–Kier alpha value is -1.26. The molecule has 6 unspecified atom stereocenters. The summed E-state index contributed by atoms with van der Waals surface area (Å²) in [5, 5.41) is 0. The predicted molar refractivity (Wildman–Crippen MR) is 93.9 cm³/mol. The van der Waals surface area contributed by atoms with Crippen molar-refractivity contribution in [2.24, 2.45) is 17.8 Å². The van der Waals surface area contributed by atoms with Crippen LogP contribution in [0.2, 0.25) is 0 Å². The van der Waals surface area contributed by atoms with Crippen LogP contribution >= 0.6 is 0 Å². The van der Waals surface area contributed by atoms with Gasteiger partial charge in [-0.1, -0.05) is 25.8 Å². The second kappa shape index (κ2) is 8.18. The Morgan fingerprint density at radius 1 is 1.00 bits per heavy atom. The summed E-state index contributed by atoms with van der Waals surface area (Å²) in [6.45, 7) is 3.99. The zero-order valence-corrected chi connectivity index (χ0v) is 15.5. The molecule has 0 amide bonds. The van der Waals surface area contributed by atoms with E-state index < -0.39 is 29.9 Å². The van der Waals surface area contributed by atoms with E-state index in [1.54, 1.807) is 6.92 Å². The van der Waals surface area contributed by atoms with Gasteiger partial charge in [0.25, 0.3) is 0 Å². The van der Waals surface area contributed by atoms with Crippen LogP contribution < -0.4 is 4.74 Å². The number of fused-ring (bicyclic) bond motifs is 1. The molecule has 2 aliphatic carbocycles. The SMILES string of the molecule is CCCC1CC2CCC(c3ccc(OCC)c(F)c3F)C(F)C(F)C2C1. The van der Waals surface area contributed by atoms with Crippen molar-refractivity contribution >= 4 is 0 Å². The van der Waals surface area contributed by atoms with Crippen LogP contribution in [0.15, 0.2) is 12.1 Å². The average Bonchev–Trinajstić information content (AvgIpc) is 2.98. The minimum Gasteiger partial charge on any atom is -0.491 e. The summed E-state index contributed by atoms with van der Waals surface area (Å²) in [6, 6.07) is 2.68. The molecule has 0 heterocycles. The summed E-state index contributed by atoms with van der Waals surface area (Å²) >= 11 is 0. The van der Waals surface area contributed by atoms with Crippen molar-refractivity contribution in [2.75, 3.05) is 6.61 Å². The van der Waals surface area contributed by atoms with Gasteiger partial charge in [-0.05, 0) is 62.0 Å². The molecular weight excluding hydrogens is 344 g/mol.